The highest BCUT2D eigenvalue weighted by molar-refractivity contribution is 5.96. The Hall–Kier alpha value is -3.37. The molecule has 2 bridgehead atoms. The number of halogens is 5. The molecule has 7 rings (SSSR count). The summed E-state index contributed by atoms with van der Waals surface area (Å²) >= 11 is 0. The molecule has 0 aliphatic heterocycles. The van der Waals surface area contributed by atoms with E-state index in [1.54, 1.807) is 23.1 Å². The molecule has 3 aromatic rings. The fourth-order valence-corrected chi connectivity index (χ4v) is 7.14. The predicted molar refractivity (Wildman–Crippen MR) is 138 cm³/mol. The van der Waals surface area contributed by atoms with E-state index in [9.17, 15) is 26.7 Å². The van der Waals surface area contributed by atoms with Crippen molar-refractivity contribution in [2.45, 2.75) is 81.2 Å². The van der Waals surface area contributed by atoms with Gasteiger partial charge in [-0.15, -0.1) is 0 Å². The number of rotatable bonds is 7. The molecule has 0 unspecified atom stereocenters. The van der Waals surface area contributed by atoms with Gasteiger partial charge in [0.05, 0.1) is 5.56 Å². The van der Waals surface area contributed by atoms with Gasteiger partial charge in [-0.05, 0) is 80.7 Å². The van der Waals surface area contributed by atoms with Gasteiger partial charge in [0, 0.05) is 59.8 Å². The van der Waals surface area contributed by atoms with Crippen LogP contribution in [0.4, 0.5) is 27.6 Å². The summed E-state index contributed by atoms with van der Waals surface area (Å²) in [5, 5.41) is 4.08. The molecule has 0 radical (unpaired) electrons. The van der Waals surface area contributed by atoms with Crippen molar-refractivity contribution < 1.29 is 31.3 Å². The van der Waals surface area contributed by atoms with Crippen molar-refractivity contribution in [3.8, 4) is 11.5 Å². The average molecular weight is 573 g/mol. The molecule has 1 aromatic carbocycles. The number of alkyl halides is 5. The molecule has 216 valence electrons. The van der Waals surface area contributed by atoms with Crippen LogP contribution in [0.3, 0.4) is 0 Å². The summed E-state index contributed by atoms with van der Waals surface area (Å²) in [6.07, 6.45) is 1.17. The normalized spacial score (nSPS) is 27.1. The van der Waals surface area contributed by atoms with E-state index in [-0.39, 0.29) is 11.3 Å². The van der Waals surface area contributed by atoms with Crippen LogP contribution in [0.2, 0.25) is 0 Å². The Balaban J connectivity index is 1.18. The van der Waals surface area contributed by atoms with Crippen molar-refractivity contribution in [3.05, 3.63) is 59.7 Å². The minimum Gasteiger partial charge on any atom is -0.334 e. The number of hydrogen-bond acceptors (Lipinski definition) is 5. The first-order valence-electron chi connectivity index (χ1n) is 14.1. The van der Waals surface area contributed by atoms with E-state index in [4.69, 9.17) is 4.52 Å². The first-order valence-corrected chi connectivity index (χ1v) is 14.1. The molecular weight excluding hydrogens is 543 g/mol. The quantitative estimate of drug-likeness (QED) is 0.278. The zero-order chi connectivity index (χ0) is 28.6. The van der Waals surface area contributed by atoms with Crippen LogP contribution < -0.4 is 4.90 Å². The van der Waals surface area contributed by atoms with Crippen LogP contribution in [0.5, 0.6) is 0 Å². The number of aromatic nitrogens is 3. The molecular formula is C30H29F5N4O2. The van der Waals surface area contributed by atoms with Crippen LogP contribution in [0.15, 0.2) is 47.1 Å². The molecule has 4 fully saturated rings. The summed E-state index contributed by atoms with van der Waals surface area (Å²) in [7, 11) is 0. The van der Waals surface area contributed by atoms with Crippen LogP contribution in [-0.4, -0.2) is 33.5 Å². The Morgan fingerprint density at radius 3 is 2.49 bits per heavy atom. The van der Waals surface area contributed by atoms with E-state index in [1.165, 1.54) is 6.20 Å². The van der Waals surface area contributed by atoms with Gasteiger partial charge >= 0.3 is 6.18 Å². The lowest BCUT2D eigenvalue weighted by Crippen LogP contribution is -2.49. The van der Waals surface area contributed by atoms with Gasteiger partial charge in [0.25, 0.3) is 5.89 Å². The summed E-state index contributed by atoms with van der Waals surface area (Å²) in [4.78, 5) is 24.2. The highest BCUT2D eigenvalue weighted by atomic mass is 19.4. The molecule has 0 saturated heterocycles. The van der Waals surface area contributed by atoms with Crippen molar-refractivity contribution in [3.63, 3.8) is 0 Å². The summed E-state index contributed by atoms with van der Waals surface area (Å²) in [6.45, 7) is 0.301. The van der Waals surface area contributed by atoms with E-state index in [1.807, 2.05) is 6.07 Å². The first-order chi connectivity index (χ1) is 19.4. The number of amides is 1. The van der Waals surface area contributed by atoms with E-state index in [0.29, 0.717) is 73.2 Å². The molecule has 4 aliphatic carbocycles. The lowest BCUT2D eigenvalue weighted by molar-refractivity contribution is -0.148. The molecule has 1 amide bonds. The average Bonchev–Trinajstić information content (AvgIpc) is 3.39. The summed E-state index contributed by atoms with van der Waals surface area (Å²) in [5.41, 5.74) is 0.0722. The number of fused-ring (bicyclic) bond motifs is 2. The molecule has 0 atom stereocenters. The third-order valence-electron chi connectivity index (χ3n) is 9.60. The lowest BCUT2D eigenvalue weighted by atomic mass is 9.78. The minimum atomic E-state index is -4.46. The number of carbonyl (C=O) groups excluding carboxylic acids is 1. The summed E-state index contributed by atoms with van der Waals surface area (Å²) < 4.78 is 73.4. The predicted octanol–water partition coefficient (Wildman–Crippen LogP) is 7.31. The van der Waals surface area contributed by atoms with Crippen molar-refractivity contribution in [1.29, 1.82) is 0 Å². The largest absolute Gasteiger partial charge is 0.416 e. The Kier molecular flexibility index (Phi) is 5.86. The third kappa shape index (κ3) is 4.80. The van der Waals surface area contributed by atoms with Gasteiger partial charge in [-0.1, -0.05) is 11.2 Å². The number of pyridine rings is 1. The highest BCUT2D eigenvalue weighted by Crippen LogP contribution is 2.62. The fraction of sp³-hybridized carbons (Fsp3) is 0.533. The van der Waals surface area contributed by atoms with Crippen molar-refractivity contribution in [1.82, 2.24) is 15.1 Å². The van der Waals surface area contributed by atoms with Crippen molar-refractivity contribution >= 4 is 11.6 Å². The zero-order valence-electron chi connectivity index (χ0n) is 22.3. The lowest BCUT2D eigenvalue weighted by Gasteiger charge is -2.40. The molecule has 2 heterocycles. The van der Waals surface area contributed by atoms with Gasteiger partial charge in [0.15, 0.2) is 5.82 Å². The molecule has 11 heteroatoms. The van der Waals surface area contributed by atoms with Gasteiger partial charge in [-0.3, -0.25) is 9.78 Å². The second kappa shape index (κ2) is 9.06. The molecule has 41 heavy (non-hydrogen) atoms. The Morgan fingerprint density at radius 1 is 1.05 bits per heavy atom. The van der Waals surface area contributed by atoms with Crippen LogP contribution in [0.1, 0.15) is 80.8 Å². The number of carbonyl (C=O) groups is 1. The SMILES string of the molecule is O=C(C1CC(F)(F)C1)N(CC12CCC(c3cc(C(F)(F)F)ccn3)(CC1)C2)c1cccc(-c2nc(C3CC3)no2)c1. The van der Waals surface area contributed by atoms with Gasteiger partial charge in [0.1, 0.15) is 0 Å². The van der Waals surface area contributed by atoms with Gasteiger partial charge < -0.3 is 9.42 Å². The van der Waals surface area contributed by atoms with Gasteiger partial charge in [-0.25, -0.2) is 8.78 Å². The maximum Gasteiger partial charge on any atom is 0.416 e. The standard InChI is InChI=1S/C30H29F5N4O2/c31-29(32)14-20(15-29)26(40)39(22-3-1-2-19(12-22)25-37-24(38-41-25)18-4-5-18)17-27-7-9-28(16-27,10-8-27)23-13-21(6-11-36-23)30(33,34)35/h1-3,6,11-13,18,20H,4-5,7-10,14-17H2. The fourth-order valence-electron chi connectivity index (χ4n) is 7.14. The summed E-state index contributed by atoms with van der Waals surface area (Å²) in [6, 6.07) is 9.28. The molecule has 2 aromatic heterocycles. The van der Waals surface area contributed by atoms with Gasteiger partial charge in [0.2, 0.25) is 11.8 Å². The van der Waals surface area contributed by atoms with Crippen LogP contribution >= 0.6 is 0 Å². The summed E-state index contributed by atoms with van der Waals surface area (Å²) in [5.74, 6) is -2.68. The van der Waals surface area contributed by atoms with Crippen molar-refractivity contribution in [2.75, 3.05) is 11.4 Å². The third-order valence-corrected chi connectivity index (χ3v) is 9.60. The first kappa shape index (κ1) is 26.5. The van der Waals surface area contributed by atoms with E-state index in [2.05, 4.69) is 15.1 Å². The van der Waals surface area contributed by atoms with Crippen LogP contribution in [-0.2, 0) is 16.4 Å². The monoisotopic (exact) mass is 572 g/mol. The number of anilines is 1. The number of benzene rings is 1. The Morgan fingerprint density at radius 2 is 1.80 bits per heavy atom. The minimum absolute atomic E-state index is 0.301. The molecule has 4 aliphatic rings. The number of nitrogens with zero attached hydrogens (tertiary/aromatic N) is 4. The molecule has 4 saturated carbocycles. The Labute approximate surface area is 233 Å². The smallest absolute Gasteiger partial charge is 0.334 e. The topological polar surface area (TPSA) is 72.1 Å². The zero-order valence-corrected chi connectivity index (χ0v) is 22.3. The second-order valence-corrected chi connectivity index (χ2v) is 12.6. The molecule has 0 spiro atoms. The number of hydrogen-bond donors (Lipinski definition) is 0. The molecule has 0 N–H and O–H groups in total. The van der Waals surface area contributed by atoms with E-state index in [0.717, 1.165) is 25.0 Å². The van der Waals surface area contributed by atoms with Crippen molar-refractivity contribution in [2.24, 2.45) is 11.3 Å². The van der Waals surface area contributed by atoms with E-state index < -0.39 is 41.8 Å². The maximum atomic E-state index is 13.8. The maximum absolute atomic E-state index is 13.8. The Bertz CT molecular complexity index is 1480. The van der Waals surface area contributed by atoms with Crippen LogP contribution in [0, 0.1) is 11.3 Å². The molecule has 6 nitrogen and oxygen atoms in total. The second-order valence-electron chi connectivity index (χ2n) is 12.6. The van der Waals surface area contributed by atoms with Crippen LogP contribution in [0.25, 0.3) is 11.5 Å². The highest BCUT2D eigenvalue weighted by Gasteiger charge is 2.57. The van der Waals surface area contributed by atoms with E-state index >= 15 is 0 Å². The van der Waals surface area contributed by atoms with Gasteiger partial charge in [-0.2, -0.15) is 18.2 Å².